The molecule has 4 nitrogen and oxygen atoms in total. The standard InChI is InChI=1S/C7H17BrNO3PS/c1-4-6-11-13(10,9(3)14-8)12-7-5-2/h4-7H2,1-3H3. The summed E-state index contributed by atoms with van der Waals surface area (Å²) >= 11 is 3.14. The van der Waals surface area contributed by atoms with Crippen molar-refractivity contribution in [3.05, 3.63) is 0 Å². The van der Waals surface area contributed by atoms with Gasteiger partial charge in [0, 0.05) is 32.2 Å². The minimum atomic E-state index is -3.09. The molecule has 0 spiro atoms. The SMILES string of the molecule is CCCOP(=O)(OCCC)N(C)SBr. The first-order valence-corrected chi connectivity index (χ1v) is 8.64. The van der Waals surface area contributed by atoms with Gasteiger partial charge in [0.2, 0.25) is 0 Å². The van der Waals surface area contributed by atoms with Crippen molar-refractivity contribution in [2.24, 2.45) is 0 Å². The molecule has 0 heterocycles. The summed E-state index contributed by atoms with van der Waals surface area (Å²) in [6, 6.07) is 0. The lowest BCUT2D eigenvalue weighted by molar-refractivity contribution is 0.185. The zero-order valence-corrected chi connectivity index (χ0v) is 12.0. The van der Waals surface area contributed by atoms with Crippen LogP contribution in [0.2, 0.25) is 0 Å². The Balaban J connectivity index is 4.25. The van der Waals surface area contributed by atoms with E-state index < -0.39 is 7.75 Å². The molecule has 7 heteroatoms. The Morgan fingerprint density at radius 3 is 2.00 bits per heavy atom. The molecule has 0 aromatic carbocycles. The number of hydrogen-bond acceptors (Lipinski definition) is 4. The second-order valence-corrected chi connectivity index (χ2v) is 6.55. The molecule has 0 aliphatic carbocycles. The lowest BCUT2D eigenvalue weighted by Crippen LogP contribution is -2.11. The fraction of sp³-hybridized carbons (Fsp3) is 1.00. The monoisotopic (exact) mass is 305 g/mol. The molecular formula is C7H17BrNO3PS. The Labute approximate surface area is 97.6 Å². The zero-order chi connectivity index (χ0) is 11.0. The Hall–Kier alpha value is 0.940. The Morgan fingerprint density at radius 1 is 1.29 bits per heavy atom. The smallest absolute Gasteiger partial charge is 0.296 e. The molecule has 0 saturated carbocycles. The van der Waals surface area contributed by atoms with Gasteiger partial charge in [-0.25, -0.2) is 4.57 Å². The second-order valence-electron chi connectivity index (χ2n) is 2.67. The predicted octanol–water partition coefficient (Wildman–Crippen LogP) is 3.84. The van der Waals surface area contributed by atoms with Gasteiger partial charge in [-0.05, 0) is 12.8 Å². The van der Waals surface area contributed by atoms with Crippen LogP contribution in [0.1, 0.15) is 26.7 Å². The van der Waals surface area contributed by atoms with Crippen molar-refractivity contribution < 1.29 is 13.6 Å². The topological polar surface area (TPSA) is 38.8 Å². The summed E-state index contributed by atoms with van der Waals surface area (Å²) in [6.07, 6.45) is 1.64. The van der Waals surface area contributed by atoms with E-state index in [9.17, 15) is 4.57 Å². The number of halogens is 1. The molecular weight excluding hydrogens is 289 g/mol. The van der Waals surface area contributed by atoms with Crippen LogP contribution < -0.4 is 0 Å². The maximum Gasteiger partial charge on any atom is 0.418 e. The maximum absolute atomic E-state index is 12.1. The molecule has 0 aliphatic heterocycles. The molecule has 0 N–H and O–H groups in total. The van der Waals surface area contributed by atoms with Gasteiger partial charge >= 0.3 is 7.75 Å². The first-order valence-electron chi connectivity index (χ1n) is 4.52. The van der Waals surface area contributed by atoms with Crippen LogP contribution in [0.5, 0.6) is 0 Å². The lowest BCUT2D eigenvalue weighted by atomic mass is 10.5. The summed E-state index contributed by atoms with van der Waals surface area (Å²) in [5.41, 5.74) is 0. The van der Waals surface area contributed by atoms with Crippen molar-refractivity contribution in [2.75, 3.05) is 20.3 Å². The van der Waals surface area contributed by atoms with E-state index in [1.165, 1.54) is 14.5 Å². The molecule has 0 bridgehead atoms. The molecule has 0 amide bonds. The quantitative estimate of drug-likeness (QED) is 0.503. The minimum Gasteiger partial charge on any atom is -0.296 e. The van der Waals surface area contributed by atoms with Crippen LogP contribution in [0.15, 0.2) is 0 Å². The Bertz CT molecular complexity index is 184. The second kappa shape index (κ2) is 8.13. The van der Waals surface area contributed by atoms with Gasteiger partial charge in [-0.2, -0.15) is 0 Å². The van der Waals surface area contributed by atoms with Crippen LogP contribution in [0, 0.1) is 0 Å². The van der Waals surface area contributed by atoms with Crippen molar-refractivity contribution in [1.82, 2.24) is 4.08 Å². The van der Waals surface area contributed by atoms with Gasteiger partial charge in [-0.3, -0.25) is 9.05 Å². The highest BCUT2D eigenvalue weighted by molar-refractivity contribution is 9.49. The summed E-state index contributed by atoms with van der Waals surface area (Å²) in [7, 11) is -0.257. The summed E-state index contributed by atoms with van der Waals surface area (Å²) in [6.45, 7) is 4.81. The van der Waals surface area contributed by atoms with Gasteiger partial charge in [-0.15, -0.1) is 4.08 Å². The Kier molecular flexibility index (Phi) is 8.68. The summed E-state index contributed by atoms with van der Waals surface area (Å²) in [5, 5.41) is 0. The number of nitrogens with zero attached hydrogens (tertiary/aromatic N) is 1. The highest BCUT2D eigenvalue weighted by atomic mass is 79.9. The van der Waals surface area contributed by atoms with Crippen molar-refractivity contribution in [2.45, 2.75) is 26.7 Å². The van der Waals surface area contributed by atoms with Crippen molar-refractivity contribution >= 4 is 32.9 Å². The first kappa shape index (κ1) is 14.9. The van der Waals surface area contributed by atoms with E-state index >= 15 is 0 Å². The number of hydrogen-bond donors (Lipinski definition) is 0. The van der Waals surface area contributed by atoms with Crippen LogP contribution in [0.3, 0.4) is 0 Å². The van der Waals surface area contributed by atoms with E-state index in [-0.39, 0.29) is 0 Å². The van der Waals surface area contributed by atoms with Gasteiger partial charge < -0.3 is 0 Å². The van der Waals surface area contributed by atoms with Gasteiger partial charge in [-0.1, -0.05) is 13.8 Å². The molecule has 0 radical (unpaired) electrons. The van der Waals surface area contributed by atoms with Crippen molar-refractivity contribution in [1.29, 1.82) is 0 Å². The van der Waals surface area contributed by atoms with E-state index in [1.807, 2.05) is 13.8 Å². The molecule has 0 aliphatic rings. The molecule has 0 atom stereocenters. The van der Waals surface area contributed by atoms with E-state index in [1.54, 1.807) is 7.05 Å². The first-order chi connectivity index (χ1) is 6.60. The zero-order valence-electron chi connectivity index (χ0n) is 8.73. The van der Waals surface area contributed by atoms with Gasteiger partial charge in [0.25, 0.3) is 0 Å². The van der Waals surface area contributed by atoms with Crippen LogP contribution in [0.4, 0.5) is 0 Å². The molecule has 0 aromatic rings. The van der Waals surface area contributed by atoms with E-state index in [2.05, 4.69) is 14.8 Å². The molecule has 0 unspecified atom stereocenters. The van der Waals surface area contributed by atoms with Crippen LogP contribution in [-0.4, -0.2) is 24.3 Å². The minimum absolute atomic E-state index is 0.443. The third kappa shape index (κ3) is 5.14. The summed E-state index contributed by atoms with van der Waals surface area (Å²) in [5.74, 6) is 0. The summed E-state index contributed by atoms with van der Waals surface area (Å²) < 4.78 is 24.0. The molecule has 0 rings (SSSR count). The lowest BCUT2D eigenvalue weighted by Gasteiger charge is -2.23. The highest BCUT2D eigenvalue weighted by Crippen LogP contribution is 2.55. The fourth-order valence-electron chi connectivity index (χ4n) is 0.651. The van der Waals surface area contributed by atoms with Gasteiger partial charge in [0.1, 0.15) is 0 Å². The number of rotatable bonds is 8. The molecule has 0 aromatic heterocycles. The van der Waals surface area contributed by atoms with Gasteiger partial charge in [0.15, 0.2) is 0 Å². The highest BCUT2D eigenvalue weighted by Gasteiger charge is 2.30. The largest absolute Gasteiger partial charge is 0.418 e. The van der Waals surface area contributed by atoms with Crippen LogP contribution >= 0.6 is 32.9 Å². The molecule has 0 fully saturated rings. The van der Waals surface area contributed by atoms with Gasteiger partial charge in [0.05, 0.1) is 13.2 Å². The van der Waals surface area contributed by atoms with Crippen molar-refractivity contribution in [3.8, 4) is 0 Å². The Morgan fingerprint density at radius 2 is 1.71 bits per heavy atom. The van der Waals surface area contributed by atoms with Crippen LogP contribution in [-0.2, 0) is 13.6 Å². The third-order valence-corrected chi connectivity index (χ3v) is 6.09. The van der Waals surface area contributed by atoms with Crippen molar-refractivity contribution in [3.63, 3.8) is 0 Å². The van der Waals surface area contributed by atoms with Crippen LogP contribution in [0.25, 0.3) is 0 Å². The molecule has 86 valence electrons. The predicted molar refractivity (Wildman–Crippen MR) is 64.4 cm³/mol. The molecule has 14 heavy (non-hydrogen) atoms. The normalized spacial score (nSPS) is 12.4. The van der Waals surface area contributed by atoms with E-state index in [0.717, 1.165) is 12.8 Å². The van der Waals surface area contributed by atoms with E-state index in [4.69, 9.17) is 9.05 Å². The van der Waals surface area contributed by atoms with E-state index in [0.29, 0.717) is 13.2 Å². The molecule has 0 saturated heterocycles. The maximum atomic E-state index is 12.1. The third-order valence-electron chi connectivity index (χ3n) is 1.36. The average molecular weight is 306 g/mol. The summed E-state index contributed by atoms with van der Waals surface area (Å²) in [4.78, 5) is 0. The average Bonchev–Trinajstić information content (AvgIpc) is 2.22. The fourth-order valence-corrected chi connectivity index (χ4v) is 3.89.